The summed E-state index contributed by atoms with van der Waals surface area (Å²) >= 11 is 0. The standard InChI is InChI=1S/C24H28N2O4/c1-3-17-13-19-18(14-24(28)30-23(19)15-21(17)27)16-25-9-11-26(12-10-25)20-7-5-6-8-22(20)29-4-2/h5-8,13-15,27H,3-4,9-12,16H2,1-2H3/p+1. The number of anilines is 1. The van der Waals surface area contributed by atoms with Crippen LogP contribution in [0.4, 0.5) is 5.69 Å². The molecule has 4 rings (SSSR count). The molecule has 2 aromatic carbocycles. The first kappa shape index (κ1) is 20.3. The smallest absolute Gasteiger partial charge is 0.336 e. The molecule has 0 amide bonds. The summed E-state index contributed by atoms with van der Waals surface area (Å²) in [5.74, 6) is 1.11. The Bertz CT molecular complexity index is 1080. The summed E-state index contributed by atoms with van der Waals surface area (Å²) in [5.41, 5.74) is 3.08. The van der Waals surface area contributed by atoms with Gasteiger partial charge in [0.05, 0.1) is 38.5 Å². The Hall–Kier alpha value is -2.99. The van der Waals surface area contributed by atoms with Crippen molar-refractivity contribution in [2.45, 2.75) is 26.8 Å². The number of ether oxygens (including phenoxy) is 1. The largest absolute Gasteiger partial charge is 0.508 e. The lowest BCUT2D eigenvalue weighted by atomic mass is 10.0. The molecule has 0 unspecified atom stereocenters. The molecule has 30 heavy (non-hydrogen) atoms. The number of aromatic hydroxyl groups is 1. The number of para-hydroxylation sites is 2. The summed E-state index contributed by atoms with van der Waals surface area (Å²) < 4.78 is 11.1. The average molecular weight is 410 g/mol. The maximum Gasteiger partial charge on any atom is 0.336 e. The topological polar surface area (TPSA) is 67.4 Å². The molecular formula is C24H29N2O4+. The van der Waals surface area contributed by atoms with Gasteiger partial charge in [0.15, 0.2) is 0 Å². The molecule has 0 radical (unpaired) electrons. The van der Waals surface area contributed by atoms with E-state index in [1.54, 1.807) is 12.1 Å². The summed E-state index contributed by atoms with van der Waals surface area (Å²) in [6.45, 7) is 9.23. The van der Waals surface area contributed by atoms with Crippen molar-refractivity contribution in [1.29, 1.82) is 0 Å². The first-order valence-electron chi connectivity index (χ1n) is 10.7. The monoisotopic (exact) mass is 409 g/mol. The minimum atomic E-state index is -0.371. The fraction of sp³-hybridized carbons (Fsp3) is 0.375. The minimum Gasteiger partial charge on any atom is -0.508 e. The zero-order valence-corrected chi connectivity index (χ0v) is 17.6. The van der Waals surface area contributed by atoms with E-state index in [4.69, 9.17) is 9.15 Å². The molecule has 0 atom stereocenters. The molecule has 1 saturated heterocycles. The normalized spacial score (nSPS) is 14.9. The predicted octanol–water partition coefficient (Wildman–Crippen LogP) is 2.36. The van der Waals surface area contributed by atoms with Gasteiger partial charge >= 0.3 is 5.63 Å². The maximum absolute atomic E-state index is 12.1. The Kier molecular flexibility index (Phi) is 5.95. The molecule has 1 fully saturated rings. The summed E-state index contributed by atoms with van der Waals surface area (Å²) in [6.07, 6.45) is 0.727. The van der Waals surface area contributed by atoms with Crippen LogP contribution in [0.2, 0.25) is 0 Å². The Balaban J connectivity index is 1.52. The number of piperazine rings is 1. The predicted molar refractivity (Wildman–Crippen MR) is 118 cm³/mol. The number of rotatable bonds is 6. The van der Waals surface area contributed by atoms with Crippen LogP contribution in [0.25, 0.3) is 11.0 Å². The Morgan fingerprint density at radius 2 is 1.87 bits per heavy atom. The van der Waals surface area contributed by atoms with Gasteiger partial charge in [-0.05, 0) is 37.1 Å². The van der Waals surface area contributed by atoms with E-state index in [1.807, 2.05) is 38.1 Å². The van der Waals surface area contributed by atoms with Gasteiger partial charge in [-0.1, -0.05) is 19.1 Å². The van der Waals surface area contributed by atoms with Crippen LogP contribution in [0.1, 0.15) is 25.0 Å². The number of benzene rings is 2. The molecule has 6 nitrogen and oxygen atoms in total. The molecule has 1 aromatic heterocycles. The SMILES string of the molecule is CCOc1ccccc1N1CC[NH+](Cc2cc(=O)oc3cc(O)c(CC)cc23)CC1. The zero-order valence-electron chi connectivity index (χ0n) is 17.6. The fourth-order valence-corrected chi connectivity index (χ4v) is 4.24. The van der Waals surface area contributed by atoms with Crippen LogP contribution in [0.5, 0.6) is 11.5 Å². The van der Waals surface area contributed by atoms with Crippen LogP contribution in [0.3, 0.4) is 0 Å². The van der Waals surface area contributed by atoms with Gasteiger partial charge < -0.3 is 24.1 Å². The molecule has 2 heterocycles. The summed E-state index contributed by atoms with van der Waals surface area (Å²) in [6, 6.07) is 13.3. The quantitative estimate of drug-likeness (QED) is 0.612. The molecule has 0 bridgehead atoms. The summed E-state index contributed by atoms with van der Waals surface area (Å²) in [4.78, 5) is 15.9. The molecule has 1 aliphatic rings. The van der Waals surface area contributed by atoms with E-state index in [0.29, 0.717) is 12.2 Å². The van der Waals surface area contributed by atoms with Gasteiger partial charge in [0.1, 0.15) is 23.6 Å². The molecule has 0 spiro atoms. The second-order valence-corrected chi connectivity index (χ2v) is 7.74. The molecule has 3 aromatic rings. The number of quaternary nitrogens is 1. The van der Waals surface area contributed by atoms with Crippen LogP contribution >= 0.6 is 0 Å². The number of hydrogen-bond acceptors (Lipinski definition) is 5. The number of nitrogens with one attached hydrogen (secondary N) is 1. The Morgan fingerprint density at radius 3 is 2.60 bits per heavy atom. The van der Waals surface area contributed by atoms with Gasteiger partial charge in [-0.2, -0.15) is 0 Å². The first-order valence-corrected chi connectivity index (χ1v) is 10.7. The van der Waals surface area contributed by atoms with Crippen molar-refractivity contribution in [3.8, 4) is 11.5 Å². The highest BCUT2D eigenvalue weighted by atomic mass is 16.5. The van der Waals surface area contributed by atoms with E-state index >= 15 is 0 Å². The third-order valence-corrected chi connectivity index (χ3v) is 5.83. The number of phenolic OH excluding ortho intramolecular Hbond substituents is 1. The van der Waals surface area contributed by atoms with E-state index in [9.17, 15) is 9.90 Å². The molecule has 6 heteroatoms. The van der Waals surface area contributed by atoms with Gasteiger partial charge in [0.2, 0.25) is 0 Å². The van der Waals surface area contributed by atoms with Gasteiger partial charge in [0.25, 0.3) is 0 Å². The van der Waals surface area contributed by atoms with Crippen molar-refractivity contribution >= 4 is 16.7 Å². The van der Waals surface area contributed by atoms with Crippen LogP contribution in [0.15, 0.2) is 51.7 Å². The lowest BCUT2D eigenvalue weighted by Gasteiger charge is -2.34. The second-order valence-electron chi connectivity index (χ2n) is 7.74. The van der Waals surface area contributed by atoms with Gasteiger partial charge in [-0.3, -0.25) is 0 Å². The minimum absolute atomic E-state index is 0.180. The highest BCUT2D eigenvalue weighted by Gasteiger charge is 2.23. The van der Waals surface area contributed by atoms with Crippen molar-refractivity contribution in [3.63, 3.8) is 0 Å². The van der Waals surface area contributed by atoms with Crippen molar-refractivity contribution in [3.05, 3.63) is 64.0 Å². The highest BCUT2D eigenvalue weighted by Crippen LogP contribution is 2.28. The maximum atomic E-state index is 12.1. The second kappa shape index (κ2) is 8.79. The molecule has 1 aliphatic heterocycles. The molecule has 0 aliphatic carbocycles. The third kappa shape index (κ3) is 4.14. The van der Waals surface area contributed by atoms with Crippen LogP contribution in [-0.2, 0) is 13.0 Å². The van der Waals surface area contributed by atoms with E-state index in [2.05, 4.69) is 11.0 Å². The third-order valence-electron chi connectivity index (χ3n) is 5.83. The summed E-state index contributed by atoms with van der Waals surface area (Å²) in [7, 11) is 0. The lowest BCUT2D eigenvalue weighted by molar-refractivity contribution is -0.914. The van der Waals surface area contributed by atoms with Crippen molar-refractivity contribution in [2.75, 3.05) is 37.7 Å². The molecule has 2 N–H and O–H groups in total. The number of hydrogen-bond donors (Lipinski definition) is 2. The van der Waals surface area contributed by atoms with Gasteiger partial charge in [0, 0.05) is 23.1 Å². The van der Waals surface area contributed by atoms with Crippen molar-refractivity contribution in [2.24, 2.45) is 0 Å². The number of nitrogens with zero attached hydrogens (tertiary/aromatic N) is 1. The van der Waals surface area contributed by atoms with E-state index in [1.165, 1.54) is 4.90 Å². The number of phenols is 1. The van der Waals surface area contributed by atoms with E-state index < -0.39 is 0 Å². The van der Waals surface area contributed by atoms with Crippen molar-refractivity contribution in [1.82, 2.24) is 0 Å². The van der Waals surface area contributed by atoms with E-state index in [0.717, 1.165) is 67.1 Å². The lowest BCUT2D eigenvalue weighted by Crippen LogP contribution is -3.13. The van der Waals surface area contributed by atoms with Crippen LogP contribution < -0.4 is 20.2 Å². The van der Waals surface area contributed by atoms with Gasteiger partial charge in [-0.25, -0.2) is 4.79 Å². The molecule has 0 saturated carbocycles. The van der Waals surface area contributed by atoms with Gasteiger partial charge in [-0.15, -0.1) is 0 Å². The number of aryl methyl sites for hydroxylation is 1. The highest BCUT2D eigenvalue weighted by molar-refractivity contribution is 5.82. The van der Waals surface area contributed by atoms with Crippen molar-refractivity contribution < 1.29 is 19.2 Å². The fourth-order valence-electron chi connectivity index (χ4n) is 4.24. The number of fused-ring (bicyclic) bond motifs is 1. The Labute approximate surface area is 176 Å². The molecular weight excluding hydrogens is 380 g/mol. The average Bonchev–Trinajstić information content (AvgIpc) is 2.74. The molecule has 158 valence electrons. The summed E-state index contributed by atoms with van der Waals surface area (Å²) in [5, 5.41) is 11.0. The zero-order chi connectivity index (χ0) is 21.1. The first-order chi connectivity index (χ1) is 14.6. The van der Waals surface area contributed by atoms with E-state index in [-0.39, 0.29) is 11.4 Å². The Morgan fingerprint density at radius 1 is 1.10 bits per heavy atom. The van der Waals surface area contributed by atoms with Crippen LogP contribution in [-0.4, -0.2) is 37.9 Å². The van der Waals surface area contributed by atoms with Crippen LogP contribution in [0, 0.1) is 0 Å².